The van der Waals surface area contributed by atoms with Gasteiger partial charge in [0.1, 0.15) is 5.82 Å². The van der Waals surface area contributed by atoms with Crippen LogP contribution in [0.25, 0.3) is 0 Å². The Morgan fingerprint density at radius 3 is 2.52 bits per heavy atom. The molecule has 108 valence electrons. The number of hydrogen-bond donors (Lipinski definition) is 1. The molecule has 21 heavy (non-hydrogen) atoms. The van der Waals surface area contributed by atoms with Gasteiger partial charge in [-0.25, -0.2) is 4.39 Å². The lowest BCUT2D eigenvalue weighted by Crippen LogP contribution is -2.21. The van der Waals surface area contributed by atoms with Crippen molar-refractivity contribution >= 4 is 0 Å². The highest BCUT2D eigenvalue weighted by Gasteiger charge is 2.05. The number of hydrogen-bond acceptors (Lipinski definition) is 2. The Hall–Kier alpha value is -2.18. The van der Waals surface area contributed by atoms with Crippen molar-refractivity contribution in [1.29, 1.82) is 5.26 Å². The molecule has 2 nitrogen and oxygen atoms in total. The highest BCUT2D eigenvalue weighted by Crippen LogP contribution is 2.14. The van der Waals surface area contributed by atoms with Crippen molar-refractivity contribution in [1.82, 2.24) is 5.32 Å². The fraction of sp³-hybridized carbons (Fsp3) is 0.278. The molecule has 2 aromatic rings. The van der Waals surface area contributed by atoms with Gasteiger partial charge in [-0.1, -0.05) is 18.2 Å². The molecule has 3 heteroatoms. The first-order chi connectivity index (χ1) is 10.1. The van der Waals surface area contributed by atoms with Gasteiger partial charge in [-0.15, -0.1) is 0 Å². The van der Waals surface area contributed by atoms with Gasteiger partial charge in [0.15, 0.2) is 0 Å². The van der Waals surface area contributed by atoms with Crippen molar-refractivity contribution in [2.45, 2.75) is 26.3 Å². The van der Waals surface area contributed by atoms with Gasteiger partial charge in [-0.2, -0.15) is 5.26 Å². The quantitative estimate of drug-likeness (QED) is 0.902. The van der Waals surface area contributed by atoms with E-state index >= 15 is 0 Å². The molecule has 0 radical (unpaired) electrons. The molecule has 0 aromatic heterocycles. The molecule has 1 unspecified atom stereocenters. The third-order valence-corrected chi connectivity index (χ3v) is 3.69. The SMILES string of the molecule is Cc1cc(F)ccc1CCNC(C)c1ccc(C#N)cc1. The van der Waals surface area contributed by atoms with E-state index in [1.54, 1.807) is 6.07 Å². The summed E-state index contributed by atoms with van der Waals surface area (Å²) in [7, 11) is 0. The molecule has 0 fully saturated rings. The Labute approximate surface area is 125 Å². The summed E-state index contributed by atoms with van der Waals surface area (Å²) in [5, 5.41) is 12.2. The Morgan fingerprint density at radius 1 is 1.19 bits per heavy atom. The van der Waals surface area contributed by atoms with Crippen molar-refractivity contribution in [3.05, 3.63) is 70.5 Å². The van der Waals surface area contributed by atoms with E-state index in [0.29, 0.717) is 5.56 Å². The zero-order valence-corrected chi connectivity index (χ0v) is 12.4. The fourth-order valence-corrected chi connectivity index (χ4v) is 2.33. The van der Waals surface area contributed by atoms with E-state index in [1.807, 2.05) is 37.3 Å². The second kappa shape index (κ2) is 7.01. The number of rotatable bonds is 5. The van der Waals surface area contributed by atoms with Crippen molar-refractivity contribution in [2.24, 2.45) is 0 Å². The third-order valence-electron chi connectivity index (χ3n) is 3.69. The molecule has 0 spiro atoms. The van der Waals surface area contributed by atoms with Gasteiger partial charge in [0.05, 0.1) is 11.6 Å². The molecule has 1 atom stereocenters. The zero-order valence-electron chi connectivity index (χ0n) is 12.4. The Kier molecular flexibility index (Phi) is 5.08. The van der Waals surface area contributed by atoms with Crippen LogP contribution in [0, 0.1) is 24.1 Å². The summed E-state index contributed by atoms with van der Waals surface area (Å²) >= 11 is 0. The Morgan fingerprint density at radius 2 is 1.90 bits per heavy atom. The van der Waals surface area contributed by atoms with E-state index in [9.17, 15) is 4.39 Å². The van der Waals surface area contributed by atoms with E-state index in [0.717, 1.165) is 29.7 Å². The van der Waals surface area contributed by atoms with Crippen LogP contribution in [0.4, 0.5) is 4.39 Å². The molecule has 0 aliphatic heterocycles. The van der Waals surface area contributed by atoms with Gasteiger partial charge in [0.25, 0.3) is 0 Å². The molecule has 0 aliphatic rings. The predicted molar refractivity (Wildman–Crippen MR) is 82.4 cm³/mol. The van der Waals surface area contributed by atoms with Crippen LogP contribution in [0.3, 0.4) is 0 Å². The highest BCUT2D eigenvalue weighted by atomic mass is 19.1. The molecule has 0 bridgehead atoms. The summed E-state index contributed by atoms with van der Waals surface area (Å²) in [5.74, 6) is -0.185. The number of nitriles is 1. The molecule has 1 N–H and O–H groups in total. The summed E-state index contributed by atoms with van der Waals surface area (Å²) in [6.45, 7) is 4.86. The first kappa shape index (κ1) is 15.2. The molecule has 2 aromatic carbocycles. The fourth-order valence-electron chi connectivity index (χ4n) is 2.33. The van der Waals surface area contributed by atoms with E-state index in [1.165, 1.54) is 6.07 Å². The normalized spacial score (nSPS) is 11.9. The van der Waals surface area contributed by atoms with E-state index in [4.69, 9.17) is 5.26 Å². The molecule has 2 rings (SSSR count). The summed E-state index contributed by atoms with van der Waals surface area (Å²) in [4.78, 5) is 0. The van der Waals surface area contributed by atoms with Crippen LogP contribution in [-0.2, 0) is 6.42 Å². The molecule has 0 saturated heterocycles. The highest BCUT2D eigenvalue weighted by molar-refractivity contribution is 5.32. The molecular weight excluding hydrogens is 263 g/mol. The van der Waals surface area contributed by atoms with Crippen LogP contribution in [0.15, 0.2) is 42.5 Å². The summed E-state index contributed by atoms with van der Waals surface area (Å²) in [6, 6.07) is 14.9. The van der Waals surface area contributed by atoms with Crippen molar-refractivity contribution in [2.75, 3.05) is 6.54 Å². The summed E-state index contributed by atoms with van der Waals surface area (Å²) in [5.41, 5.74) is 3.98. The van der Waals surface area contributed by atoms with Gasteiger partial charge in [-0.3, -0.25) is 0 Å². The van der Waals surface area contributed by atoms with Crippen molar-refractivity contribution in [3.8, 4) is 6.07 Å². The zero-order chi connectivity index (χ0) is 15.2. The first-order valence-electron chi connectivity index (χ1n) is 7.08. The number of aryl methyl sites for hydroxylation is 1. The standard InChI is InChI=1S/C18H19FN2/c1-13-11-18(19)8-7-16(13)9-10-21-14(2)17-5-3-15(12-20)4-6-17/h3-8,11,14,21H,9-10H2,1-2H3. The Balaban J connectivity index is 1.89. The topological polar surface area (TPSA) is 35.8 Å². The van der Waals surface area contributed by atoms with Gasteiger partial charge < -0.3 is 5.32 Å². The average molecular weight is 282 g/mol. The smallest absolute Gasteiger partial charge is 0.123 e. The number of halogens is 1. The minimum Gasteiger partial charge on any atom is -0.310 e. The molecule has 0 amide bonds. The largest absolute Gasteiger partial charge is 0.310 e. The maximum absolute atomic E-state index is 13.0. The van der Waals surface area contributed by atoms with Gasteiger partial charge in [0, 0.05) is 6.04 Å². The van der Waals surface area contributed by atoms with E-state index < -0.39 is 0 Å². The molecular formula is C18H19FN2. The van der Waals surface area contributed by atoms with E-state index in [-0.39, 0.29) is 11.9 Å². The minimum absolute atomic E-state index is 0.185. The van der Waals surface area contributed by atoms with Crippen LogP contribution in [-0.4, -0.2) is 6.54 Å². The predicted octanol–water partition coefficient (Wildman–Crippen LogP) is 3.90. The first-order valence-corrected chi connectivity index (χ1v) is 7.08. The van der Waals surface area contributed by atoms with Crippen LogP contribution in [0.1, 0.15) is 35.2 Å². The lowest BCUT2D eigenvalue weighted by Gasteiger charge is -2.15. The summed E-state index contributed by atoms with van der Waals surface area (Å²) < 4.78 is 13.0. The average Bonchev–Trinajstić information content (AvgIpc) is 2.49. The third kappa shape index (κ3) is 4.14. The number of benzene rings is 2. The molecule has 0 saturated carbocycles. The monoisotopic (exact) mass is 282 g/mol. The molecule has 0 aliphatic carbocycles. The second-order valence-electron chi connectivity index (χ2n) is 5.23. The van der Waals surface area contributed by atoms with Gasteiger partial charge in [0.2, 0.25) is 0 Å². The molecule has 0 heterocycles. The maximum atomic E-state index is 13.0. The van der Waals surface area contributed by atoms with Crippen LogP contribution >= 0.6 is 0 Å². The number of nitrogens with one attached hydrogen (secondary N) is 1. The maximum Gasteiger partial charge on any atom is 0.123 e. The van der Waals surface area contributed by atoms with Crippen LogP contribution in [0.2, 0.25) is 0 Å². The van der Waals surface area contributed by atoms with Crippen LogP contribution in [0.5, 0.6) is 0 Å². The number of nitrogens with zero attached hydrogens (tertiary/aromatic N) is 1. The van der Waals surface area contributed by atoms with E-state index in [2.05, 4.69) is 18.3 Å². The Bertz CT molecular complexity index is 641. The van der Waals surface area contributed by atoms with Crippen molar-refractivity contribution in [3.63, 3.8) is 0 Å². The van der Waals surface area contributed by atoms with Crippen LogP contribution < -0.4 is 5.32 Å². The van der Waals surface area contributed by atoms with Crippen molar-refractivity contribution < 1.29 is 4.39 Å². The lowest BCUT2D eigenvalue weighted by atomic mass is 10.0. The minimum atomic E-state index is -0.185. The van der Waals surface area contributed by atoms with Gasteiger partial charge >= 0.3 is 0 Å². The summed E-state index contributed by atoms with van der Waals surface area (Å²) in [6.07, 6.45) is 0.868. The second-order valence-corrected chi connectivity index (χ2v) is 5.23. The lowest BCUT2D eigenvalue weighted by molar-refractivity contribution is 0.575. The van der Waals surface area contributed by atoms with Gasteiger partial charge in [-0.05, 0) is 67.8 Å².